The van der Waals surface area contributed by atoms with Crippen LogP contribution in [-0.2, 0) is 6.42 Å². The monoisotopic (exact) mass is 387 g/mol. The van der Waals surface area contributed by atoms with Crippen molar-refractivity contribution < 1.29 is 9.13 Å². The van der Waals surface area contributed by atoms with Crippen molar-refractivity contribution >= 4 is 28.9 Å². The van der Waals surface area contributed by atoms with E-state index in [2.05, 4.69) is 4.98 Å². The zero-order valence-corrected chi connectivity index (χ0v) is 14.9. The third-order valence-electron chi connectivity index (χ3n) is 3.63. The van der Waals surface area contributed by atoms with E-state index in [4.69, 9.17) is 38.9 Å². The van der Waals surface area contributed by atoms with E-state index in [-0.39, 0.29) is 17.1 Å². The van der Waals surface area contributed by atoms with Gasteiger partial charge in [0.25, 0.3) is 0 Å². The summed E-state index contributed by atoms with van der Waals surface area (Å²) in [5, 5.41) is 9.60. The highest BCUT2D eigenvalue weighted by atomic mass is 35.5. The molecule has 0 bridgehead atoms. The highest BCUT2D eigenvalue weighted by Gasteiger charge is 2.13. The number of nitrogen functional groups attached to an aromatic ring is 1. The lowest BCUT2D eigenvalue weighted by Gasteiger charge is -2.13. The van der Waals surface area contributed by atoms with Crippen molar-refractivity contribution in [3.8, 4) is 17.6 Å². The van der Waals surface area contributed by atoms with Crippen LogP contribution in [0.4, 0.5) is 10.1 Å². The van der Waals surface area contributed by atoms with Gasteiger partial charge in [0, 0.05) is 23.2 Å². The Kier molecular flexibility index (Phi) is 5.27. The first-order valence-corrected chi connectivity index (χ1v) is 8.27. The Morgan fingerprint density at radius 2 is 1.88 bits per heavy atom. The lowest BCUT2D eigenvalue weighted by molar-refractivity contribution is 0.479. The van der Waals surface area contributed by atoms with E-state index < -0.39 is 5.82 Å². The van der Waals surface area contributed by atoms with Gasteiger partial charge in [-0.2, -0.15) is 5.26 Å². The number of nitrogens with zero attached hydrogens (tertiary/aromatic N) is 2. The van der Waals surface area contributed by atoms with Gasteiger partial charge in [0.1, 0.15) is 17.3 Å². The topological polar surface area (TPSA) is 71.9 Å². The number of rotatable bonds is 4. The number of nitrogens with two attached hydrogens (primary N) is 1. The molecule has 130 valence electrons. The number of aromatic nitrogens is 1. The van der Waals surface area contributed by atoms with Gasteiger partial charge >= 0.3 is 0 Å². The van der Waals surface area contributed by atoms with E-state index in [0.717, 1.165) is 0 Å². The summed E-state index contributed by atoms with van der Waals surface area (Å²) in [5.41, 5.74) is 7.57. The van der Waals surface area contributed by atoms with Crippen molar-refractivity contribution in [3.05, 3.63) is 81.3 Å². The fourth-order valence-corrected chi connectivity index (χ4v) is 2.66. The lowest BCUT2D eigenvalue weighted by Crippen LogP contribution is -2.00. The van der Waals surface area contributed by atoms with Crippen LogP contribution in [0.2, 0.25) is 10.0 Å². The minimum Gasteiger partial charge on any atom is -0.455 e. The molecule has 1 aromatic heterocycles. The molecular formula is C19H12Cl2FN3O. The highest BCUT2D eigenvalue weighted by molar-refractivity contribution is 6.30. The Hall–Kier alpha value is -2.81. The minimum absolute atomic E-state index is 0.186. The number of halogens is 3. The molecule has 0 saturated heterocycles. The predicted octanol–water partition coefficient (Wildman–Crippen LogP) is 5.36. The molecule has 4 nitrogen and oxygen atoms in total. The first kappa shape index (κ1) is 18.0. The zero-order chi connectivity index (χ0) is 18.7. The number of nitriles is 1. The molecule has 1 heterocycles. The average molecular weight is 388 g/mol. The van der Waals surface area contributed by atoms with Crippen LogP contribution in [0.3, 0.4) is 0 Å². The fraction of sp³-hybridized carbons (Fsp3) is 0.0526. The Bertz CT molecular complexity index is 1020. The molecule has 26 heavy (non-hydrogen) atoms. The Morgan fingerprint density at radius 3 is 2.58 bits per heavy atom. The van der Waals surface area contributed by atoms with Crippen LogP contribution in [0.1, 0.15) is 16.8 Å². The quantitative estimate of drug-likeness (QED) is 0.611. The van der Waals surface area contributed by atoms with E-state index in [1.54, 1.807) is 30.3 Å². The van der Waals surface area contributed by atoms with Crippen molar-refractivity contribution in [1.29, 1.82) is 5.26 Å². The van der Waals surface area contributed by atoms with Gasteiger partial charge in [-0.1, -0.05) is 29.3 Å². The molecule has 2 aromatic carbocycles. The van der Waals surface area contributed by atoms with Crippen molar-refractivity contribution in [2.45, 2.75) is 6.42 Å². The predicted molar refractivity (Wildman–Crippen MR) is 99.1 cm³/mol. The molecule has 0 saturated carbocycles. The standard InChI is InChI=1S/C19H12Cl2FN3O/c20-13-3-2-12(6-17-15(22)7-14(21)10-25-17)19(8-13)26-18-4-1-11(9-23)5-16(18)24/h1-5,7-8,10H,6,24H2. The van der Waals surface area contributed by atoms with Gasteiger partial charge in [-0.25, -0.2) is 4.39 Å². The number of anilines is 1. The molecule has 3 aromatic rings. The summed E-state index contributed by atoms with van der Waals surface area (Å²) >= 11 is 11.8. The maximum Gasteiger partial charge on any atom is 0.150 e. The maximum absolute atomic E-state index is 14.1. The van der Waals surface area contributed by atoms with Crippen LogP contribution >= 0.6 is 23.2 Å². The van der Waals surface area contributed by atoms with Crippen molar-refractivity contribution in [1.82, 2.24) is 4.98 Å². The summed E-state index contributed by atoms with van der Waals surface area (Å²) in [7, 11) is 0. The molecule has 0 fully saturated rings. The van der Waals surface area contributed by atoms with Crippen LogP contribution in [0.5, 0.6) is 11.5 Å². The molecular weight excluding hydrogens is 376 g/mol. The second kappa shape index (κ2) is 7.61. The van der Waals surface area contributed by atoms with Crippen molar-refractivity contribution in [3.63, 3.8) is 0 Å². The van der Waals surface area contributed by atoms with Crippen LogP contribution in [0.25, 0.3) is 0 Å². The SMILES string of the molecule is N#Cc1ccc(Oc2cc(Cl)ccc2Cc2ncc(Cl)cc2F)c(N)c1. The van der Waals surface area contributed by atoms with Gasteiger partial charge in [-0.3, -0.25) is 4.98 Å². The molecule has 0 unspecified atom stereocenters. The summed E-state index contributed by atoms with van der Waals surface area (Å²) in [4.78, 5) is 4.03. The van der Waals surface area contributed by atoms with Crippen molar-refractivity contribution in [2.24, 2.45) is 0 Å². The number of ether oxygens (including phenoxy) is 1. The number of pyridine rings is 1. The van der Waals surface area contributed by atoms with Crippen LogP contribution in [-0.4, -0.2) is 4.98 Å². The summed E-state index contributed by atoms with van der Waals surface area (Å²) in [6.07, 6.45) is 1.57. The van der Waals surface area contributed by atoms with Gasteiger partial charge in [0.15, 0.2) is 0 Å². The van der Waals surface area contributed by atoms with Gasteiger partial charge in [-0.15, -0.1) is 0 Å². The van der Waals surface area contributed by atoms with Crippen LogP contribution in [0.15, 0.2) is 48.7 Å². The molecule has 0 aliphatic carbocycles. The highest BCUT2D eigenvalue weighted by Crippen LogP contribution is 2.33. The first-order chi connectivity index (χ1) is 12.5. The maximum atomic E-state index is 14.1. The second-order valence-corrected chi connectivity index (χ2v) is 6.35. The second-order valence-electron chi connectivity index (χ2n) is 5.48. The van der Waals surface area contributed by atoms with E-state index in [1.165, 1.54) is 18.3 Å². The molecule has 0 aliphatic heterocycles. The molecule has 0 aliphatic rings. The van der Waals surface area contributed by atoms with Gasteiger partial charge < -0.3 is 10.5 Å². The van der Waals surface area contributed by atoms with E-state index in [1.807, 2.05) is 6.07 Å². The Labute approximate surface area is 159 Å². The summed E-state index contributed by atoms with van der Waals surface area (Å²) in [6.45, 7) is 0. The number of hydrogen-bond acceptors (Lipinski definition) is 4. The molecule has 3 rings (SSSR count). The third kappa shape index (κ3) is 4.05. The Morgan fingerprint density at radius 1 is 1.08 bits per heavy atom. The van der Waals surface area contributed by atoms with Crippen LogP contribution in [0, 0.1) is 17.1 Å². The van der Waals surface area contributed by atoms with Gasteiger partial charge in [-0.05, 0) is 36.4 Å². The van der Waals surface area contributed by atoms with Crippen LogP contribution < -0.4 is 10.5 Å². The number of hydrogen-bond donors (Lipinski definition) is 1. The van der Waals surface area contributed by atoms with Gasteiger partial charge in [0.2, 0.25) is 0 Å². The van der Waals surface area contributed by atoms with Gasteiger partial charge in [0.05, 0.1) is 28.0 Å². The van der Waals surface area contributed by atoms with E-state index >= 15 is 0 Å². The molecule has 0 amide bonds. The summed E-state index contributed by atoms with van der Waals surface area (Å²) in [6, 6.07) is 12.9. The average Bonchev–Trinajstić information content (AvgIpc) is 2.61. The van der Waals surface area contributed by atoms with Crippen molar-refractivity contribution in [2.75, 3.05) is 5.73 Å². The fourth-order valence-electron chi connectivity index (χ4n) is 2.35. The Balaban J connectivity index is 1.95. The largest absolute Gasteiger partial charge is 0.455 e. The number of benzene rings is 2. The normalized spacial score (nSPS) is 10.4. The molecule has 7 heteroatoms. The summed E-state index contributed by atoms with van der Waals surface area (Å²) < 4.78 is 19.9. The van der Waals surface area contributed by atoms with E-state index in [0.29, 0.717) is 33.3 Å². The third-order valence-corrected chi connectivity index (χ3v) is 4.07. The zero-order valence-electron chi connectivity index (χ0n) is 13.3. The molecule has 0 spiro atoms. The smallest absolute Gasteiger partial charge is 0.150 e. The molecule has 2 N–H and O–H groups in total. The van der Waals surface area contributed by atoms with E-state index in [9.17, 15) is 4.39 Å². The lowest BCUT2D eigenvalue weighted by atomic mass is 10.1. The summed E-state index contributed by atoms with van der Waals surface area (Å²) in [5.74, 6) is 0.290. The minimum atomic E-state index is -0.503. The molecule has 0 atom stereocenters. The first-order valence-electron chi connectivity index (χ1n) is 7.52. The molecule has 0 radical (unpaired) electrons.